The summed E-state index contributed by atoms with van der Waals surface area (Å²) in [5.41, 5.74) is 12.3. The predicted octanol–water partition coefficient (Wildman–Crippen LogP) is 12.1. The molecule has 0 spiro atoms. The molecule has 0 unspecified atom stereocenters. The summed E-state index contributed by atoms with van der Waals surface area (Å²) in [5.74, 6) is 1.40. The second-order valence-electron chi connectivity index (χ2n) is 13.2. The summed E-state index contributed by atoms with van der Waals surface area (Å²) in [5, 5.41) is 2.34. The van der Waals surface area contributed by atoms with Gasteiger partial charge >= 0.3 is 0 Å². The highest BCUT2D eigenvalue weighted by molar-refractivity contribution is 6.10. The van der Waals surface area contributed by atoms with Crippen molar-refractivity contribution in [3.05, 3.63) is 181 Å². The SMILES string of the molecule is Cc1cc(C)cc(-c2ccc3c4ccccc4n(-c4ccc(-c5ccc(F)cc5)c(-c5nc(-c6ccccc6)nc(-c6ccccc6)n5)c4)c3c2)c1. The number of aryl methyl sites for hydroxylation is 2. The van der Waals surface area contributed by atoms with Gasteiger partial charge in [0.15, 0.2) is 17.5 Å². The molecule has 0 bridgehead atoms. The van der Waals surface area contributed by atoms with Gasteiger partial charge in [-0.1, -0.05) is 139 Å². The lowest BCUT2D eigenvalue weighted by atomic mass is 9.97. The van der Waals surface area contributed by atoms with Crippen LogP contribution >= 0.6 is 0 Å². The number of hydrogen-bond donors (Lipinski definition) is 0. The largest absolute Gasteiger partial charge is 0.309 e. The highest BCUT2D eigenvalue weighted by Crippen LogP contribution is 2.39. The first-order valence-electron chi connectivity index (χ1n) is 17.4. The Bertz CT molecular complexity index is 2670. The molecule has 0 aliphatic rings. The van der Waals surface area contributed by atoms with Gasteiger partial charge in [-0.3, -0.25) is 0 Å². The summed E-state index contributed by atoms with van der Waals surface area (Å²) in [6.45, 7) is 4.29. The van der Waals surface area contributed by atoms with Gasteiger partial charge < -0.3 is 4.57 Å². The van der Waals surface area contributed by atoms with Gasteiger partial charge in [-0.15, -0.1) is 0 Å². The van der Waals surface area contributed by atoms with Crippen LogP contribution in [-0.4, -0.2) is 19.5 Å². The van der Waals surface area contributed by atoms with Crippen molar-refractivity contribution < 1.29 is 4.39 Å². The van der Waals surface area contributed by atoms with Gasteiger partial charge in [0.05, 0.1) is 11.0 Å². The van der Waals surface area contributed by atoms with Crippen molar-refractivity contribution in [1.29, 1.82) is 0 Å². The summed E-state index contributed by atoms with van der Waals surface area (Å²) in [4.78, 5) is 15.2. The molecule has 9 aromatic rings. The van der Waals surface area contributed by atoms with E-state index in [2.05, 4.69) is 97.3 Å². The van der Waals surface area contributed by atoms with Gasteiger partial charge in [0.25, 0.3) is 0 Å². The zero-order chi connectivity index (χ0) is 35.2. The first-order chi connectivity index (χ1) is 25.5. The van der Waals surface area contributed by atoms with Crippen LogP contribution in [0.2, 0.25) is 0 Å². The first-order valence-corrected chi connectivity index (χ1v) is 17.4. The van der Waals surface area contributed by atoms with Gasteiger partial charge in [-0.2, -0.15) is 0 Å². The smallest absolute Gasteiger partial charge is 0.164 e. The molecule has 248 valence electrons. The second-order valence-corrected chi connectivity index (χ2v) is 13.2. The maximum Gasteiger partial charge on any atom is 0.164 e. The Morgan fingerprint density at radius 2 is 0.981 bits per heavy atom. The molecule has 7 aromatic carbocycles. The van der Waals surface area contributed by atoms with E-state index >= 15 is 0 Å². The fourth-order valence-electron chi connectivity index (χ4n) is 7.24. The Hall–Kier alpha value is -6.72. The van der Waals surface area contributed by atoms with Crippen LogP contribution in [0.5, 0.6) is 0 Å². The van der Waals surface area contributed by atoms with Crippen LogP contribution in [-0.2, 0) is 0 Å². The van der Waals surface area contributed by atoms with Crippen molar-refractivity contribution in [2.24, 2.45) is 0 Å². The van der Waals surface area contributed by atoms with Crippen LogP contribution in [0.15, 0.2) is 164 Å². The van der Waals surface area contributed by atoms with Gasteiger partial charge in [-0.25, -0.2) is 19.3 Å². The molecule has 2 heterocycles. The van der Waals surface area contributed by atoms with E-state index in [-0.39, 0.29) is 5.82 Å². The second kappa shape index (κ2) is 12.9. The van der Waals surface area contributed by atoms with Crippen molar-refractivity contribution in [2.45, 2.75) is 13.8 Å². The number of para-hydroxylation sites is 1. The Balaban J connectivity index is 1.32. The molecule has 52 heavy (non-hydrogen) atoms. The van der Waals surface area contributed by atoms with Crippen molar-refractivity contribution in [1.82, 2.24) is 19.5 Å². The van der Waals surface area contributed by atoms with Gasteiger partial charge in [0, 0.05) is 33.2 Å². The molecule has 2 aromatic heterocycles. The summed E-state index contributed by atoms with van der Waals surface area (Å²) in [6.07, 6.45) is 0. The maximum absolute atomic E-state index is 14.2. The summed E-state index contributed by atoms with van der Waals surface area (Å²) >= 11 is 0. The van der Waals surface area contributed by atoms with Crippen LogP contribution in [0.3, 0.4) is 0 Å². The third-order valence-electron chi connectivity index (χ3n) is 9.59. The summed E-state index contributed by atoms with van der Waals surface area (Å²) < 4.78 is 16.5. The minimum atomic E-state index is -0.287. The number of nitrogens with zero attached hydrogens (tertiary/aromatic N) is 4. The molecule has 9 rings (SSSR count). The van der Waals surface area contributed by atoms with E-state index in [1.165, 1.54) is 39.6 Å². The number of benzene rings is 7. The van der Waals surface area contributed by atoms with E-state index in [9.17, 15) is 4.39 Å². The molecule has 0 radical (unpaired) electrons. The summed E-state index contributed by atoms with van der Waals surface area (Å²) in [7, 11) is 0. The number of hydrogen-bond acceptors (Lipinski definition) is 3. The zero-order valence-electron chi connectivity index (χ0n) is 28.8. The Labute approximate surface area is 301 Å². The molecule has 0 amide bonds. The topological polar surface area (TPSA) is 43.6 Å². The molecule has 0 aliphatic heterocycles. The quantitative estimate of drug-likeness (QED) is 0.177. The van der Waals surface area contributed by atoms with Gasteiger partial charge in [0.1, 0.15) is 5.82 Å². The Kier molecular flexibility index (Phi) is 7.74. The van der Waals surface area contributed by atoms with Crippen molar-refractivity contribution in [3.8, 4) is 62.1 Å². The minimum Gasteiger partial charge on any atom is -0.309 e. The average Bonchev–Trinajstić information content (AvgIpc) is 3.52. The molecule has 4 nitrogen and oxygen atoms in total. The average molecular weight is 673 g/mol. The monoisotopic (exact) mass is 672 g/mol. The third kappa shape index (κ3) is 5.72. The normalized spacial score (nSPS) is 11.4. The Morgan fingerprint density at radius 3 is 1.65 bits per heavy atom. The predicted molar refractivity (Wildman–Crippen MR) is 211 cm³/mol. The van der Waals surface area contributed by atoms with Crippen LogP contribution in [0.25, 0.3) is 83.9 Å². The molecule has 0 N–H and O–H groups in total. The molecule has 0 saturated carbocycles. The fourth-order valence-corrected chi connectivity index (χ4v) is 7.24. The van der Waals surface area contributed by atoms with Crippen LogP contribution < -0.4 is 0 Å². The third-order valence-corrected chi connectivity index (χ3v) is 9.59. The highest BCUT2D eigenvalue weighted by Gasteiger charge is 2.19. The maximum atomic E-state index is 14.2. The van der Waals surface area contributed by atoms with E-state index in [0.29, 0.717) is 17.5 Å². The van der Waals surface area contributed by atoms with Crippen molar-refractivity contribution >= 4 is 21.8 Å². The van der Waals surface area contributed by atoms with Crippen LogP contribution in [0, 0.1) is 19.7 Å². The minimum absolute atomic E-state index is 0.287. The lowest BCUT2D eigenvalue weighted by molar-refractivity contribution is 0.628. The number of fused-ring (bicyclic) bond motifs is 3. The van der Waals surface area contributed by atoms with Crippen LogP contribution in [0.1, 0.15) is 11.1 Å². The van der Waals surface area contributed by atoms with E-state index in [1.807, 2.05) is 72.8 Å². The Morgan fingerprint density at radius 1 is 0.404 bits per heavy atom. The lowest BCUT2D eigenvalue weighted by Crippen LogP contribution is -2.02. The van der Waals surface area contributed by atoms with Crippen molar-refractivity contribution in [2.75, 3.05) is 0 Å². The van der Waals surface area contributed by atoms with Crippen LogP contribution in [0.4, 0.5) is 4.39 Å². The highest BCUT2D eigenvalue weighted by atomic mass is 19.1. The molecule has 0 fully saturated rings. The van der Waals surface area contributed by atoms with Gasteiger partial charge in [0.2, 0.25) is 0 Å². The number of halogens is 1. The zero-order valence-corrected chi connectivity index (χ0v) is 28.8. The fraction of sp³-hybridized carbons (Fsp3) is 0.0426. The number of aromatic nitrogens is 4. The van der Waals surface area contributed by atoms with E-state index in [0.717, 1.165) is 50.1 Å². The molecule has 0 saturated heterocycles. The molecular formula is C47H33FN4. The molecular weight excluding hydrogens is 640 g/mol. The first kappa shape index (κ1) is 31.3. The van der Waals surface area contributed by atoms with Crippen molar-refractivity contribution in [3.63, 3.8) is 0 Å². The van der Waals surface area contributed by atoms with E-state index < -0.39 is 0 Å². The summed E-state index contributed by atoms with van der Waals surface area (Å²) in [6, 6.07) is 54.9. The van der Waals surface area contributed by atoms with Gasteiger partial charge in [-0.05, 0) is 72.5 Å². The molecule has 5 heteroatoms. The lowest BCUT2D eigenvalue weighted by Gasteiger charge is -2.16. The number of rotatable bonds is 6. The standard InChI is InChI=1S/C47H33FN4/c1-30-25-31(2)27-36(26-30)35-19-23-41-40-15-9-10-16-43(40)52(44(41)28-35)38-22-24-39(32-17-20-37(48)21-18-32)42(29-38)47-50-45(33-11-5-3-6-12-33)49-46(51-47)34-13-7-4-8-14-34/h3-29H,1-2H3. The molecule has 0 aliphatic carbocycles. The van der Waals surface area contributed by atoms with E-state index in [1.54, 1.807) is 0 Å². The van der Waals surface area contributed by atoms with E-state index in [4.69, 9.17) is 15.0 Å². The molecule has 0 atom stereocenters.